The Balaban J connectivity index is 1.52. The largest absolute Gasteiger partial charge is 0.352 e. The molecular weight excluding hydrogens is 352 g/mol. The predicted molar refractivity (Wildman–Crippen MR) is 110 cm³/mol. The van der Waals surface area contributed by atoms with Crippen LogP contribution in [0, 0.1) is 13.8 Å². The Kier molecular flexibility index (Phi) is 5.78. The number of aryl methyl sites for hydroxylation is 2. The van der Waals surface area contributed by atoms with Crippen molar-refractivity contribution in [2.75, 3.05) is 6.54 Å². The summed E-state index contributed by atoms with van der Waals surface area (Å²) in [5.41, 5.74) is 3.58. The van der Waals surface area contributed by atoms with Crippen LogP contribution in [0.1, 0.15) is 46.7 Å². The van der Waals surface area contributed by atoms with E-state index in [1.807, 2.05) is 68.9 Å². The fourth-order valence-electron chi connectivity index (χ4n) is 3.52. The summed E-state index contributed by atoms with van der Waals surface area (Å²) in [6.07, 6.45) is 0.224. The zero-order chi connectivity index (χ0) is 20.3. The summed E-state index contributed by atoms with van der Waals surface area (Å²) in [7, 11) is 1.89. The molecule has 146 valence electrons. The third-order valence-corrected chi connectivity index (χ3v) is 5.02. The first-order chi connectivity index (χ1) is 13.4. The lowest BCUT2D eigenvalue weighted by molar-refractivity contribution is -0.121. The van der Waals surface area contributed by atoms with Gasteiger partial charge in [-0.25, -0.2) is 0 Å². The number of carbonyl (C=O) groups is 2. The quantitative estimate of drug-likeness (QED) is 0.692. The summed E-state index contributed by atoms with van der Waals surface area (Å²) in [6.45, 7) is 6.16. The van der Waals surface area contributed by atoms with Crippen LogP contribution >= 0.6 is 0 Å². The van der Waals surface area contributed by atoms with Gasteiger partial charge < -0.3 is 10.6 Å². The van der Waals surface area contributed by atoms with Crippen LogP contribution in [0.5, 0.6) is 0 Å². The van der Waals surface area contributed by atoms with E-state index in [1.165, 1.54) is 0 Å². The van der Waals surface area contributed by atoms with Crippen molar-refractivity contribution in [1.29, 1.82) is 0 Å². The number of carbonyl (C=O) groups excluding carboxylic acids is 2. The van der Waals surface area contributed by atoms with Crippen molar-refractivity contribution in [2.24, 2.45) is 7.05 Å². The standard InChI is InChI=1S/C22H26N4O2/c1-14(21-15(2)25-26(4)16(21)3)24-20(27)11-12-23-22(28)19-10-9-17-7-5-6-8-18(17)13-19/h5-10,13-14H,11-12H2,1-4H3,(H,23,28)(H,24,27). The molecule has 0 fully saturated rings. The van der Waals surface area contributed by atoms with Crippen LogP contribution in [0.25, 0.3) is 10.8 Å². The summed E-state index contributed by atoms with van der Waals surface area (Å²) in [5, 5.41) is 12.3. The minimum Gasteiger partial charge on any atom is -0.352 e. The Labute approximate surface area is 164 Å². The number of rotatable bonds is 6. The second kappa shape index (κ2) is 8.25. The second-order valence-corrected chi connectivity index (χ2v) is 7.07. The summed E-state index contributed by atoms with van der Waals surface area (Å²) in [6, 6.07) is 13.4. The topological polar surface area (TPSA) is 76.0 Å². The summed E-state index contributed by atoms with van der Waals surface area (Å²) >= 11 is 0. The van der Waals surface area contributed by atoms with Gasteiger partial charge in [-0.05, 0) is 43.7 Å². The van der Waals surface area contributed by atoms with Gasteiger partial charge in [0.25, 0.3) is 5.91 Å². The molecular formula is C22H26N4O2. The van der Waals surface area contributed by atoms with Crippen molar-refractivity contribution in [3.63, 3.8) is 0 Å². The molecule has 0 radical (unpaired) electrons. The first kappa shape index (κ1) is 19.6. The minimum atomic E-state index is -0.175. The van der Waals surface area contributed by atoms with Gasteiger partial charge >= 0.3 is 0 Å². The highest BCUT2D eigenvalue weighted by atomic mass is 16.2. The molecule has 6 nitrogen and oxygen atoms in total. The Morgan fingerprint density at radius 2 is 1.82 bits per heavy atom. The van der Waals surface area contributed by atoms with Crippen LogP contribution in [-0.2, 0) is 11.8 Å². The monoisotopic (exact) mass is 378 g/mol. The van der Waals surface area contributed by atoms with Crippen LogP contribution in [0.15, 0.2) is 42.5 Å². The van der Waals surface area contributed by atoms with Crippen molar-refractivity contribution in [3.8, 4) is 0 Å². The minimum absolute atomic E-state index is 0.103. The van der Waals surface area contributed by atoms with E-state index in [9.17, 15) is 9.59 Å². The number of hydrogen-bond acceptors (Lipinski definition) is 3. The van der Waals surface area contributed by atoms with Gasteiger partial charge in [-0.3, -0.25) is 14.3 Å². The lowest BCUT2D eigenvalue weighted by atomic mass is 10.1. The summed E-state index contributed by atoms with van der Waals surface area (Å²) < 4.78 is 1.82. The van der Waals surface area contributed by atoms with Crippen molar-refractivity contribution < 1.29 is 9.59 Å². The molecule has 2 aromatic carbocycles. The van der Waals surface area contributed by atoms with E-state index in [2.05, 4.69) is 15.7 Å². The highest BCUT2D eigenvalue weighted by molar-refractivity contribution is 5.98. The van der Waals surface area contributed by atoms with Gasteiger partial charge in [0.1, 0.15) is 0 Å². The fraction of sp³-hybridized carbons (Fsp3) is 0.318. The van der Waals surface area contributed by atoms with E-state index in [0.717, 1.165) is 27.7 Å². The first-order valence-corrected chi connectivity index (χ1v) is 9.43. The van der Waals surface area contributed by atoms with E-state index in [4.69, 9.17) is 0 Å². The maximum atomic E-state index is 12.4. The molecule has 1 aromatic heterocycles. The maximum absolute atomic E-state index is 12.4. The predicted octanol–water partition coefficient (Wildman–Crippen LogP) is 3.19. The average molecular weight is 378 g/mol. The van der Waals surface area contributed by atoms with E-state index >= 15 is 0 Å². The highest BCUT2D eigenvalue weighted by Gasteiger charge is 2.18. The van der Waals surface area contributed by atoms with E-state index in [0.29, 0.717) is 5.56 Å². The molecule has 0 bridgehead atoms. The van der Waals surface area contributed by atoms with E-state index < -0.39 is 0 Å². The van der Waals surface area contributed by atoms with Gasteiger partial charge in [0.2, 0.25) is 5.91 Å². The Morgan fingerprint density at radius 3 is 2.50 bits per heavy atom. The lowest BCUT2D eigenvalue weighted by Crippen LogP contribution is -2.32. The molecule has 0 spiro atoms. The second-order valence-electron chi connectivity index (χ2n) is 7.07. The Bertz CT molecular complexity index is 1020. The van der Waals surface area contributed by atoms with Crippen LogP contribution in [-0.4, -0.2) is 28.1 Å². The number of nitrogens with one attached hydrogen (secondary N) is 2. The molecule has 3 aromatic rings. The summed E-state index contributed by atoms with van der Waals surface area (Å²) in [5.74, 6) is -0.278. The number of nitrogens with zero attached hydrogens (tertiary/aromatic N) is 2. The zero-order valence-corrected chi connectivity index (χ0v) is 16.7. The van der Waals surface area contributed by atoms with Crippen molar-refractivity contribution >= 4 is 22.6 Å². The van der Waals surface area contributed by atoms with Gasteiger partial charge in [-0.2, -0.15) is 5.10 Å². The van der Waals surface area contributed by atoms with Crippen molar-refractivity contribution in [2.45, 2.75) is 33.2 Å². The number of aromatic nitrogens is 2. The fourth-order valence-corrected chi connectivity index (χ4v) is 3.52. The van der Waals surface area contributed by atoms with Crippen LogP contribution < -0.4 is 10.6 Å². The number of hydrogen-bond donors (Lipinski definition) is 2. The normalized spacial score (nSPS) is 12.0. The first-order valence-electron chi connectivity index (χ1n) is 9.43. The maximum Gasteiger partial charge on any atom is 0.251 e. The molecule has 28 heavy (non-hydrogen) atoms. The molecule has 6 heteroatoms. The van der Waals surface area contributed by atoms with Crippen molar-refractivity contribution in [3.05, 3.63) is 65.0 Å². The van der Waals surface area contributed by atoms with Gasteiger partial charge in [0.05, 0.1) is 11.7 Å². The molecule has 0 aliphatic carbocycles. The number of benzene rings is 2. The van der Waals surface area contributed by atoms with E-state index in [-0.39, 0.29) is 30.8 Å². The molecule has 2 N–H and O–H groups in total. The third-order valence-electron chi connectivity index (χ3n) is 5.02. The number of amides is 2. The van der Waals surface area contributed by atoms with Crippen molar-refractivity contribution in [1.82, 2.24) is 20.4 Å². The smallest absolute Gasteiger partial charge is 0.251 e. The molecule has 1 heterocycles. The zero-order valence-electron chi connectivity index (χ0n) is 16.7. The highest BCUT2D eigenvalue weighted by Crippen LogP contribution is 2.20. The molecule has 0 saturated heterocycles. The van der Waals surface area contributed by atoms with Gasteiger partial charge in [-0.1, -0.05) is 30.3 Å². The molecule has 1 unspecified atom stereocenters. The molecule has 0 aliphatic rings. The molecule has 0 aliphatic heterocycles. The number of fused-ring (bicyclic) bond motifs is 1. The average Bonchev–Trinajstić information content (AvgIpc) is 2.92. The van der Waals surface area contributed by atoms with Gasteiger partial charge in [0.15, 0.2) is 0 Å². The van der Waals surface area contributed by atoms with Crippen LogP contribution in [0.2, 0.25) is 0 Å². The van der Waals surface area contributed by atoms with Crippen LogP contribution in [0.4, 0.5) is 0 Å². The Hall–Kier alpha value is -3.15. The van der Waals surface area contributed by atoms with E-state index in [1.54, 1.807) is 6.07 Å². The molecule has 0 saturated carbocycles. The van der Waals surface area contributed by atoms with Gasteiger partial charge in [-0.15, -0.1) is 0 Å². The Morgan fingerprint density at radius 1 is 1.11 bits per heavy atom. The third kappa shape index (κ3) is 4.22. The lowest BCUT2D eigenvalue weighted by Gasteiger charge is -2.15. The summed E-state index contributed by atoms with van der Waals surface area (Å²) in [4.78, 5) is 24.6. The molecule has 3 rings (SSSR count). The SMILES string of the molecule is Cc1nn(C)c(C)c1C(C)NC(=O)CCNC(=O)c1ccc2ccccc2c1. The van der Waals surface area contributed by atoms with Gasteiger partial charge in [0, 0.05) is 36.8 Å². The molecule has 2 amide bonds. The molecule has 1 atom stereocenters. The van der Waals surface area contributed by atoms with Crippen LogP contribution in [0.3, 0.4) is 0 Å².